The summed E-state index contributed by atoms with van der Waals surface area (Å²) in [5.41, 5.74) is 3.24. The summed E-state index contributed by atoms with van der Waals surface area (Å²) in [4.78, 5) is 29.9. The van der Waals surface area contributed by atoms with Crippen LogP contribution in [-0.4, -0.2) is 86.1 Å². The van der Waals surface area contributed by atoms with Crippen molar-refractivity contribution in [2.24, 2.45) is 0 Å². The molecule has 1 aromatic heterocycles. The van der Waals surface area contributed by atoms with Gasteiger partial charge in [-0.2, -0.15) is 9.97 Å². The van der Waals surface area contributed by atoms with Crippen molar-refractivity contribution in [2.45, 2.75) is 39.2 Å². The molecule has 220 valence electrons. The molecule has 8 nitrogen and oxygen atoms in total. The summed E-state index contributed by atoms with van der Waals surface area (Å²) in [5.74, 6) is 0.852. The quantitative estimate of drug-likeness (QED) is 0.314. The van der Waals surface area contributed by atoms with E-state index in [1.807, 2.05) is 12.1 Å². The Bertz CT molecular complexity index is 1340. The maximum Gasteiger partial charge on any atom is 0.318 e. The molecule has 2 aliphatic heterocycles. The Balaban J connectivity index is 0.000000572. The van der Waals surface area contributed by atoms with E-state index < -0.39 is 0 Å². The first kappa shape index (κ1) is 30.6. The zero-order valence-corrected chi connectivity index (χ0v) is 25.7. The van der Waals surface area contributed by atoms with Crippen LogP contribution in [0.25, 0.3) is 10.8 Å². The van der Waals surface area contributed by atoms with E-state index in [0.29, 0.717) is 19.1 Å². The predicted octanol–water partition coefficient (Wildman–Crippen LogP) is 5.43. The Hall–Kier alpha value is -3.36. The molecule has 0 spiro atoms. The number of benzene rings is 2. The second-order valence-electron chi connectivity index (χ2n) is 10.7. The number of carbonyl (C=O) groups is 1. The number of anilines is 2. The first-order valence-corrected chi connectivity index (χ1v) is 14.9. The first-order chi connectivity index (χ1) is 19.9. The second-order valence-corrected chi connectivity index (χ2v) is 11.1. The van der Waals surface area contributed by atoms with Gasteiger partial charge in [-0.1, -0.05) is 42.4 Å². The lowest BCUT2D eigenvalue weighted by Gasteiger charge is -2.34. The van der Waals surface area contributed by atoms with Crippen LogP contribution in [0.4, 0.5) is 11.5 Å². The summed E-state index contributed by atoms with van der Waals surface area (Å²) in [6, 6.07) is 12.7. The Morgan fingerprint density at radius 3 is 2.49 bits per heavy atom. The molecule has 0 bridgehead atoms. The molecular formula is C32H43ClN6O2. The van der Waals surface area contributed by atoms with Crippen LogP contribution in [0.3, 0.4) is 0 Å². The zero-order chi connectivity index (χ0) is 29.4. The monoisotopic (exact) mass is 578 g/mol. The Kier molecular flexibility index (Phi) is 10.8. The Morgan fingerprint density at radius 2 is 1.85 bits per heavy atom. The van der Waals surface area contributed by atoms with E-state index in [4.69, 9.17) is 26.3 Å². The number of amides is 1. The molecule has 0 aliphatic carbocycles. The SMILES string of the molecule is C=CC(=O)N(C)CCCN(CC)c1nc(OC)nc2c1CCN(c1cccc3cccc(Cl)c13)C2.CN1CCCC1. The normalized spacial score (nSPS) is 14.7. The molecule has 5 rings (SSSR count). The minimum absolute atomic E-state index is 0.0669. The smallest absolute Gasteiger partial charge is 0.318 e. The molecule has 2 aliphatic rings. The molecule has 1 saturated heterocycles. The highest BCUT2D eigenvalue weighted by molar-refractivity contribution is 6.36. The molecule has 0 atom stereocenters. The highest BCUT2D eigenvalue weighted by Crippen LogP contribution is 2.36. The highest BCUT2D eigenvalue weighted by Gasteiger charge is 2.26. The number of aromatic nitrogens is 2. The number of halogens is 1. The topological polar surface area (TPSA) is 65.0 Å². The highest BCUT2D eigenvalue weighted by atomic mass is 35.5. The van der Waals surface area contributed by atoms with E-state index in [-0.39, 0.29) is 5.91 Å². The van der Waals surface area contributed by atoms with E-state index in [2.05, 4.69) is 59.5 Å². The number of hydrogen-bond donors (Lipinski definition) is 0. The number of ether oxygens (including phenoxy) is 1. The lowest BCUT2D eigenvalue weighted by atomic mass is 10.0. The molecule has 1 fully saturated rings. The molecule has 3 heterocycles. The van der Waals surface area contributed by atoms with Crippen molar-refractivity contribution >= 4 is 39.8 Å². The summed E-state index contributed by atoms with van der Waals surface area (Å²) >= 11 is 6.61. The zero-order valence-electron chi connectivity index (χ0n) is 24.9. The molecule has 3 aromatic rings. The van der Waals surface area contributed by atoms with Crippen molar-refractivity contribution < 1.29 is 9.53 Å². The van der Waals surface area contributed by atoms with Crippen LogP contribution in [-0.2, 0) is 17.8 Å². The van der Waals surface area contributed by atoms with Gasteiger partial charge in [0.15, 0.2) is 0 Å². The maximum absolute atomic E-state index is 11.8. The van der Waals surface area contributed by atoms with Crippen LogP contribution in [0.15, 0.2) is 49.1 Å². The number of methoxy groups -OCH3 is 1. The van der Waals surface area contributed by atoms with E-state index in [0.717, 1.165) is 71.0 Å². The van der Waals surface area contributed by atoms with Gasteiger partial charge < -0.3 is 24.3 Å². The van der Waals surface area contributed by atoms with Gasteiger partial charge in [0, 0.05) is 49.9 Å². The van der Waals surface area contributed by atoms with Gasteiger partial charge in [0.25, 0.3) is 0 Å². The molecule has 41 heavy (non-hydrogen) atoms. The van der Waals surface area contributed by atoms with E-state index in [9.17, 15) is 4.79 Å². The minimum atomic E-state index is -0.0669. The molecule has 0 N–H and O–H groups in total. The van der Waals surface area contributed by atoms with Crippen molar-refractivity contribution in [1.29, 1.82) is 0 Å². The lowest BCUT2D eigenvalue weighted by molar-refractivity contribution is -0.124. The third-order valence-corrected chi connectivity index (χ3v) is 8.18. The summed E-state index contributed by atoms with van der Waals surface area (Å²) in [7, 11) is 5.57. The number of carbonyl (C=O) groups excluding carboxylic acids is 1. The number of likely N-dealkylation sites (tertiary alicyclic amines) is 1. The fourth-order valence-electron chi connectivity index (χ4n) is 5.54. The van der Waals surface area contributed by atoms with Gasteiger partial charge in [0.2, 0.25) is 5.91 Å². The van der Waals surface area contributed by atoms with Gasteiger partial charge in [-0.15, -0.1) is 0 Å². The first-order valence-electron chi connectivity index (χ1n) is 14.5. The summed E-state index contributed by atoms with van der Waals surface area (Å²) in [6.45, 7) is 12.0. The van der Waals surface area contributed by atoms with Gasteiger partial charge in [-0.05, 0) is 76.3 Å². The van der Waals surface area contributed by atoms with E-state index >= 15 is 0 Å². The van der Waals surface area contributed by atoms with E-state index in [1.165, 1.54) is 32.0 Å². The standard InChI is InChI=1S/C27H32ClN5O2.C5H11N/c1-5-24(34)31(3)15-9-16-32(6-2)26-20-14-17-33(18-22(20)29-27(30-26)35-4)23-13-8-11-19-10-7-12-21(28)25(19)23;1-6-4-2-3-5-6/h5,7-8,10-13H,1,6,9,14-18H2,2-4H3;2-5H2,1H3. The van der Waals surface area contributed by atoms with Crippen molar-refractivity contribution in [3.63, 3.8) is 0 Å². The molecule has 2 aromatic carbocycles. The molecule has 1 amide bonds. The fraction of sp³-hybridized carbons (Fsp3) is 0.469. The average Bonchev–Trinajstić information content (AvgIpc) is 3.49. The summed E-state index contributed by atoms with van der Waals surface area (Å²) in [6.07, 6.45) is 5.82. The third-order valence-electron chi connectivity index (χ3n) is 7.86. The van der Waals surface area contributed by atoms with Gasteiger partial charge in [-0.25, -0.2) is 0 Å². The van der Waals surface area contributed by atoms with Crippen molar-refractivity contribution in [3.8, 4) is 6.01 Å². The summed E-state index contributed by atoms with van der Waals surface area (Å²) < 4.78 is 5.48. The van der Waals surface area contributed by atoms with Gasteiger partial charge >= 0.3 is 6.01 Å². The predicted molar refractivity (Wildman–Crippen MR) is 169 cm³/mol. The van der Waals surface area contributed by atoms with Crippen LogP contribution in [0.2, 0.25) is 5.02 Å². The van der Waals surface area contributed by atoms with Crippen molar-refractivity contribution in [2.75, 3.05) is 70.3 Å². The van der Waals surface area contributed by atoms with Crippen LogP contribution in [0.5, 0.6) is 6.01 Å². The van der Waals surface area contributed by atoms with Crippen LogP contribution in [0.1, 0.15) is 37.4 Å². The fourth-order valence-corrected chi connectivity index (χ4v) is 5.82. The molecular weight excluding hydrogens is 536 g/mol. The van der Waals surface area contributed by atoms with Crippen LogP contribution in [0, 0.1) is 0 Å². The van der Waals surface area contributed by atoms with Gasteiger partial charge in [-0.3, -0.25) is 4.79 Å². The average molecular weight is 579 g/mol. The van der Waals surface area contributed by atoms with Gasteiger partial charge in [0.05, 0.1) is 24.4 Å². The maximum atomic E-state index is 11.8. The Labute approximate surface area is 249 Å². The molecule has 9 heteroatoms. The number of hydrogen-bond acceptors (Lipinski definition) is 7. The third kappa shape index (κ3) is 7.49. The van der Waals surface area contributed by atoms with E-state index in [1.54, 1.807) is 19.1 Å². The minimum Gasteiger partial charge on any atom is -0.467 e. The lowest BCUT2D eigenvalue weighted by Crippen LogP contribution is -2.35. The van der Waals surface area contributed by atoms with Crippen LogP contribution < -0.4 is 14.5 Å². The van der Waals surface area contributed by atoms with Crippen LogP contribution >= 0.6 is 11.6 Å². The van der Waals surface area contributed by atoms with Gasteiger partial charge in [0.1, 0.15) is 5.82 Å². The number of likely N-dealkylation sites (N-methyl/N-ethyl adjacent to an activating group) is 1. The van der Waals surface area contributed by atoms with Crippen molar-refractivity contribution in [3.05, 3.63) is 65.3 Å². The molecule has 0 radical (unpaired) electrons. The number of fused-ring (bicyclic) bond motifs is 2. The second kappa shape index (κ2) is 14.5. The summed E-state index contributed by atoms with van der Waals surface area (Å²) in [5, 5.41) is 2.94. The number of nitrogens with zero attached hydrogens (tertiary/aromatic N) is 6. The Morgan fingerprint density at radius 1 is 1.12 bits per heavy atom. The van der Waals surface area contributed by atoms with Crippen molar-refractivity contribution in [1.82, 2.24) is 19.8 Å². The molecule has 0 saturated carbocycles. The number of rotatable bonds is 9. The largest absolute Gasteiger partial charge is 0.467 e. The molecule has 0 unspecified atom stereocenters.